The molecule has 2 aromatic rings. The van der Waals surface area contributed by atoms with Gasteiger partial charge in [0, 0.05) is 10.6 Å². The zero-order valence-corrected chi connectivity index (χ0v) is 13.4. The number of benzene rings is 1. The van der Waals surface area contributed by atoms with E-state index in [1.165, 1.54) is 16.7 Å². The molecule has 1 aromatic carbocycles. The second kappa shape index (κ2) is 6.63. The molecule has 2 rings (SSSR count). The van der Waals surface area contributed by atoms with Gasteiger partial charge in [-0.2, -0.15) is 5.10 Å². The van der Waals surface area contributed by atoms with Crippen molar-refractivity contribution in [2.24, 2.45) is 5.10 Å². The normalized spacial score (nSPS) is 10.8. The molecule has 0 saturated heterocycles. The van der Waals surface area contributed by atoms with E-state index in [0.717, 1.165) is 10.6 Å². The van der Waals surface area contributed by atoms with E-state index in [0.29, 0.717) is 5.11 Å². The van der Waals surface area contributed by atoms with Crippen molar-refractivity contribution in [1.82, 2.24) is 5.43 Å². The molecule has 0 aliphatic rings. The molecule has 0 bridgehead atoms. The van der Waals surface area contributed by atoms with Crippen molar-refractivity contribution in [2.75, 3.05) is 5.32 Å². The summed E-state index contributed by atoms with van der Waals surface area (Å²) in [6.07, 6.45) is 1.79. The van der Waals surface area contributed by atoms with Gasteiger partial charge >= 0.3 is 0 Å². The topological polar surface area (TPSA) is 36.4 Å². The fourth-order valence-electron chi connectivity index (χ4n) is 1.70. The Morgan fingerprint density at radius 3 is 2.70 bits per heavy atom. The number of anilines is 1. The summed E-state index contributed by atoms with van der Waals surface area (Å²) in [4.78, 5) is 1.13. The second-order valence-electron chi connectivity index (χ2n) is 4.54. The third-order valence-corrected chi connectivity index (χ3v) is 4.25. The standard InChI is InChI=1S/C15H17N3S2/c1-10-5-4-6-13(12(10)3)17-15(19)18-16-9-14-11(2)7-8-20-14/h4-9H,1-3H3,(H2,17,18,19)/b16-9-. The summed E-state index contributed by atoms with van der Waals surface area (Å²) in [5.74, 6) is 0. The summed E-state index contributed by atoms with van der Waals surface area (Å²) in [5.41, 5.74) is 7.48. The van der Waals surface area contributed by atoms with Crippen LogP contribution in [0.1, 0.15) is 21.6 Å². The van der Waals surface area contributed by atoms with E-state index in [-0.39, 0.29) is 0 Å². The van der Waals surface area contributed by atoms with Crippen molar-refractivity contribution in [2.45, 2.75) is 20.8 Å². The molecule has 0 radical (unpaired) electrons. The molecule has 0 aliphatic carbocycles. The molecular formula is C15H17N3S2. The molecule has 20 heavy (non-hydrogen) atoms. The Bertz CT molecular complexity index is 644. The van der Waals surface area contributed by atoms with Gasteiger partial charge in [0.25, 0.3) is 0 Å². The third kappa shape index (κ3) is 3.65. The van der Waals surface area contributed by atoms with Crippen LogP contribution < -0.4 is 10.7 Å². The van der Waals surface area contributed by atoms with Gasteiger partial charge in [0.1, 0.15) is 0 Å². The summed E-state index contributed by atoms with van der Waals surface area (Å²) in [5, 5.41) is 9.85. The highest BCUT2D eigenvalue weighted by molar-refractivity contribution is 7.80. The van der Waals surface area contributed by atoms with Crippen molar-refractivity contribution in [3.63, 3.8) is 0 Å². The summed E-state index contributed by atoms with van der Waals surface area (Å²) < 4.78 is 0. The molecule has 0 amide bonds. The lowest BCUT2D eigenvalue weighted by Crippen LogP contribution is -2.24. The second-order valence-corrected chi connectivity index (χ2v) is 5.90. The van der Waals surface area contributed by atoms with E-state index < -0.39 is 0 Å². The highest BCUT2D eigenvalue weighted by Crippen LogP contribution is 2.17. The van der Waals surface area contributed by atoms with E-state index in [2.05, 4.69) is 48.7 Å². The number of thiophene rings is 1. The van der Waals surface area contributed by atoms with Crippen LogP contribution in [-0.4, -0.2) is 11.3 Å². The molecule has 104 valence electrons. The van der Waals surface area contributed by atoms with Crippen molar-refractivity contribution in [1.29, 1.82) is 0 Å². The SMILES string of the molecule is Cc1ccsc1/C=N\NC(=S)Nc1cccc(C)c1C. The van der Waals surface area contributed by atoms with Crippen LogP contribution in [0.15, 0.2) is 34.7 Å². The van der Waals surface area contributed by atoms with Gasteiger partial charge in [0.05, 0.1) is 6.21 Å². The minimum absolute atomic E-state index is 0.490. The number of rotatable bonds is 3. The van der Waals surface area contributed by atoms with Crippen LogP contribution in [0.3, 0.4) is 0 Å². The van der Waals surface area contributed by atoms with Crippen molar-refractivity contribution < 1.29 is 0 Å². The Morgan fingerprint density at radius 2 is 2.00 bits per heavy atom. The fourth-order valence-corrected chi connectivity index (χ4v) is 2.65. The van der Waals surface area contributed by atoms with Crippen LogP contribution in [0.4, 0.5) is 5.69 Å². The molecule has 0 aliphatic heterocycles. The molecule has 1 aromatic heterocycles. The Hall–Kier alpha value is -1.72. The maximum absolute atomic E-state index is 5.23. The molecule has 0 saturated carbocycles. The maximum atomic E-state index is 5.23. The number of nitrogens with zero attached hydrogens (tertiary/aromatic N) is 1. The lowest BCUT2D eigenvalue weighted by atomic mass is 10.1. The molecule has 0 unspecified atom stereocenters. The number of thiocarbonyl (C=S) groups is 1. The molecule has 3 nitrogen and oxygen atoms in total. The number of nitrogens with one attached hydrogen (secondary N) is 2. The summed E-state index contributed by atoms with van der Waals surface area (Å²) in [6, 6.07) is 8.16. The van der Waals surface area contributed by atoms with Gasteiger partial charge in [-0.15, -0.1) is 11.3 Å². The first kappa shape index (κ1) is 14.7. The summed E-state index contributed by atoms with van der Waals surface area (Å²) in [7, 11) is 0. The van der Waals surface area contributed by atoms with Crippen LogP contribution in [-0.2, 0) is 0 Å². The molecule has 1 heterocycles. The molecule has 0 spiro atoms. The van der Waals surface area contributed by atoms with Gasteiger partial charge in [0.2, 0.25) is 0 Å². The number of hydrogen-bond acceptors (Lipinski definition) is 3. The van der Waals surface area contributed by atoms with E-state index in [9.17, 15) is 0 Å². The lowest BCUT2D eigenvalue weighted by Gasteiger charge is -2.11. The van der Waals surface area contributed by atoms with Crippen LogP contribution in [0.5, 0.6) is 0 Å². The predicted octanol–water partition coefficient (Wildman–Crippen LogP) is 3.99. The molecule has 0 atom stereocenters. The highest BCUT2D eigenvalue weighted by Gasteiger charge is 2.02. The molecular weight excluding hydrogens is 286 g/mol. The van der Waals surface area contributed by atoms with Crippen molar-refractivity contribution in [3.05, 3.63) is 51.2 Å². The van der Waals surface area contributed by atoms with Crippen LogP contribution in [0, 0.1) is 20.8 Å². The van der Waals surface area contributed by atoms with E-state index in [4.69, 9.17) is 12.2 Å². The number of hydrazone groups is 1. The van der Waals surface area contributed by atoms with Crippen LogP contribution in [0.2, 0.25) is 0 Å². The average molecular weight is 303 g/mol. The Kier molecular flexibility index (Phi) is 4.87. The monoisotopic (exact) mass is 303 g/mol. The first-order valence-electron chi connectivity index (χ1n) is 6.28. The number of aryl methyl sites for hydroxylation is 2. The van der Waals surface area contributed by atoms with Gasteiger partial charge in [-0.25, -0.2) is 0 Å². The Morgan fingerprint density at radius 1 is 1.20 bits per heavy atom. The zero-order chi connectivity index (χ0) is 14.5. The van der Waals surface area contributed by atoms with Crippen LogP contribution >= 0.6 is 23.6 Å². The van der Waals surface area contributed by atoms with Crippen molar-refractivity contribution in [3.8, 4) is 0 Å². The van der Waals surface area contributed by atoms with Gasteiger partial charge in [-0.05, 0) is 67.2 Å². The molecule has 0 fully saturated rings. The van der Waals surface area contributed by atoms with Crippen LogP contribution in [0.25, 0.3) is 0 Å². The lowest BCUT2D eigenvalue weighted by molar-refractivity contribution is 1.05. The fraction of sp³-hybridized carbons (Fsp3) is 0.200. The Labute approximate surface area is 128 Å². The number of hydrogen-bond donors (Lipinski definition) is 2. The van der Waals surface area contributed by atoms with Gasteiger partial charge in [-0.3, -0.25) is 5.43 Å². The van der Waals surface area contributed by atoms with Gasteiger partial charge in [-0.1, -0.05) is 12.1 Å². The Balaban J connectivity index is 1.95. The highest BCUT2D eigenvalue weighted by atomic mass is 32.1. The minimum Gasteiger partial charge on any atom is -0.331 e. The largest absolute Gasteiger partial charge is 0.331 e. The minimum atomic E-state index is 0.490. The first-order valence-corrected chi connectivity index (χ1v) is 7.57. The van der Waals surface area contributed by atoms with E-state index in [1.54, 1.807) is 17.6 Å². The smallest absolute Gasteiger partial charge is 0.191 e. The van der Waals surface area contributed by atoms with Crippen molar-refractivity contribution >= 4 is 40.6 Å². The molecule has 2 N–H and O–H groups in total. The first-order chi connectivity index (χ1) is 9.58. The molecule has 5 heteroatoms. The van der Waals surface area contributed by atoms with E-state index >= 15 is 0 Å². The maximum Gasteiger partial charge on any atom is 0.191 e. The van der Waals surface area contributed by atoms with E-state index in [1.807, 2.05) is 17.5 Å². The summed E-state index contributed by atoms with van der Waals surface area (Å²) >= 11 is 6.89. The third-order valence-electron chi connectivity index (χ3n) is 3.10. The quantitative estimate of drug-likeness (QED) is 0.511. The predicted molar refractivity (Wildman–Crippen MR) is 91.9 cm³/mol. The average Bonchev–Trinajstić information content (AvgIpc) is 2.81. The van der Waals surface area contributed by atoms with Gasteiger partial charge in [0.15, 0.2) is 5.11 Å². The summed E-state index contributed by atoms with van der Waals surface area (Å²) in [6.45, 7) is 6.21. The van der Waals surface area contributed by atoms with Gasteiger partial charge < -0.3 is 5.32 Å². The zero-order valence-electron chi connectivity index (χ0n) is 11.7.